The van der Waals surface area contributed by atoms with Gasteiger partial charge in [-0.1, -0.05) is 71.6 Å². The summed E-state index contributed by atoms with van der Waals surface area (Å²) in [6.07, 6.45) is 12.2. The highest BCUT2D eigenvalue weighted by Gasteiger charge is 2.38. The molecule has 3 heteroatoms. The van der Waals surface area contributed by atoms with E-state index in [1.54, 1.807) is 0 Å². The molecule has 25 heavy (non-hydrogen) atoms. The molecule has 0 bridgehead atoms. The summed E-state index contributed by atoms with van der Waals surface area (Å²) in [5.41, 5.74) is 0. The molecule has 0 spiro atoms. The van der Waals surface area contributed by atoms with Crippen molar-refractivity contribution in [2.24, 2.45) is 0 Å². The van der Waals surface area contributed by atoms with Gasteiger partial charge in [-0.05, 0) is 51.2 Å². The lowest BCUT2D eigenvalue weighted by Gasteiger charge is -2.38. The zero-order valence-electron chi connectivity index (χ0n) is 18.1. The Kier molecular flexibility index (Phi) is 12.8. The van der Waals surface area contributed by atoms with Crippen LogP contribution in [0.15, 0.2) is 0 Å². The van der Waals surface area contributed by atoms with Crippen LogP contribution in [0.2, 0.25) is 18.1 Å². The monoisotopic (exact) mass is 368 g/mol. The normalized spacial score (nSPS) is 14.7. The fourth-order valence-electron chi connectivity index (χ4n) is 2.68. The molecular formula is C22H44O2Si. The van der Waals surface area contributed by atoms with Gasteiger partial charge in [0.25, 0.3) is 0 Å². The molecule has 0 radical (unpaired) electrons. The van der Waals surface area contributed by atoms with E-state index in [1.165, 1.54) is 51.4 Å². The van der Waals surface area contributed by atoms with Crippen LogP contribution in [-0.2, 0) is 4.43 Å². The summed E-state index contributed by atoms with van der Waals surface area (Å²) >= 11 is 0. The summed E-state index contributed by atoms with van der Waals surface area (Å²) < 4.78 is 6.48. The summed E-state index contributed by atoms with van der Waals surface area (Å²) in [6.45, 7) is 15.3. The predicted molar refractivity (Wildman–Crippen MR) is 113 cm³/mol. The molecule has 0 saturated carbocycles. The van der Waals surface area contributed by atoms with Crippen molar-refractivity contribution in [2.45, 2.75) is 129 Å². The van der Waals surface area contributed by atoms with Gasteiger partial charge in [0, 0.05) is 0 Å². The van der Waals surface area contributed by atoms with E-state index in [4.69, 9.17) is 4.43 Å². The molecule has 0 saturated heterocycles. The van der Waals surface area contributed by atoms with Crippen molar-refractivity contribution in [2.75, 3.05) is 0 Å². The van der Waals surface area contributed by atoms with Crippen molar-refractivity contribution in [3.63, 3.8) is 0 Å². The topological polar surface area (TPSA) is 29.5 Å². The van der Waals surface area contributed by atoms with Gasteiger partial charge < -0.3 is 9.53 Å². The quantitative estimate of drug-likeness (QED) is 0.223. The number of hydrogen-bond acceptors (Lipinski definition) is 2. The van der Waals surface area contributed by atoms with Gasteiger partial charge in [0.05, 0.1) is 6.10 Å². The Balaban J connectivity index is 3.86. The zero-order valence-corrected chi connectivity index (χ0v) is 19.1. The molecule has 0 fully saturated rings. The van der Waals surface area contributed by atoms with Crippen LogP contribution in [0.5, 0.6) is 0 Å². The molecule has 0 aliphatic rings. The van der Waals surface area contributed by atoms with E-state index in [0.717, 1.165) is 12.8 Å². The number of rotatable bonds is 13. The number of aliphatic hydroxyl groups excluding tert-OH is 1. The molecule has 2 atom stereocenters. The molecule has 0 rings (SSSR count). The van der Waals surface area contributed by atoms with E-state index in [9.17, 15) is 5.11 Å². The Morgan fingerprint density at radius 2 is 1.32 bits per heavy atom. The first-order chi connectivity index (χ1) is 11.6. The maximum atomic E-state index is 9.23. The van der Waals surface area contributed by atoms with Gasteiger partial charge in [-0.25, -0.2) is 0 Å². The molecule has 0 aromatic rings. The van der Waals surface area contributed by atoms with E-state index >= 15 is 0 Å². The van der Waals surface area contributed by atoms with E-state index < -0.39 is 8.32 Å². The van der Waals surface area contributed by atoms with E-state index in [0.29, 0.717) is 0 Å². The Hall–Kier alpha value is -0.303. The Morgan fingerprint density at radius 3 is 1.72 bits per heavy atom. The second-order valence-corrected chi connectivity index (χ2v) is 13.8. The van der Waals surface area contributed by atoms with Gasteiger partial charge in [0.2, 0.25) is 0 Å². The van der Waals surface area contributed by atoms with E-state index in [-0.39, 0.29) is 17.2 Å². The van der Waals surface area contributed by atoms with Crippen molar-refractivity contribution in [3.8, 4) is 11.8 Å². The maximum Gasteiger partial charge on any atom is 0.193 e. The lowest BCUT2D eigenvalue weighted by Crippen LogP contribution is -2.43. The predicted octanol–water partition coefficient (Wildman–Crippen LogP) is 6.68. The van der Waals surface area contributed by atoms with Crippen LogP contribution in [0.25, 0.3) is 0 Å². The first kappa shape index (κ1) is 24.7. The summed E-state index contributed by atoms with van der Waals surface area (Å²) in [4.78, 5) is 0. The molecule has 0 unspecified atom stereocenters. The minimum atomic E-state index is -1.73. The molecule has 0 aromatic carbocycles. The fraction of sp³-hybridized carbons (Fsp3) is 0.909. The summed E-state index contributed by atoms with van der Waals surface area (Å²) in [7, 11) is -1.73. The van der Waals surface area contributed by atoms with Gasteiger partial charge in [-0.2, -0.15) is 0 Å². The molecule has 0 amide bonds. The fourth-order valence-corrected chi connectivity index (χ4v) is 3.93. The van der Waals surface area contributed by atoms with Crippen LogP contribution >= 0.6 is 0 Å². The minimum Gasteiger partial charge on any atom is -0.403 e. The largest absolute Gasteiger partial charge is 0.403 e. The van der Waals surface area contributed by atoms with Crippen LogP contribution in [0.1, 0.15) is 98.8 Å². The molecule has 0 heterocycles. The molecule has 2 nitrogen and oxygen atoms in total. The Labute approximate surface area is 159 Å². The lowest BCUT2D eigenvalue weighted by molar-refractivity contribution is 0.180. The molecular weight excluding hydrogens is 324 g/mol. The third kappa shape index (κ3) is 12.6. The highest BCUT2D eigenvalue weighted by atomic mass is 28.4. The smallest absolute Gasteiger partial charge is 0.193 e. The standard InChI is InChI=1S/C22H44O2Si/c1-8-17-21(24-25(6,7)22(3,4)5)19-16-14-12-10-9-11-13-15-18-20(2)23/h20-21,23H,9-16,18-19H2,1-7H3/t20-,21-/m0/s1. The number of hydrogen-bond donors (Lipinski definition) is 1. The van der Waals surface area contributed by atoms with Gasteiger partial charge >= 0.3 is 0 Å². The third-order valence-corrected chi connectivity index (χ3v) is 9.87. The molecule has 1 N–H and O–H groups in total. The van der Waals surface area contributed by atoms with Crippen LogP contribution in [0.4, 0.5) is 0 Å². The van der Waals surface area contributed by atoms with Gasteiger partial charge in [0.1, 0.15) is 6.10 Å². The lowest BCUT2D eigenvalue weighted by atomic mass is 10.0. The van der Waals surface area contributed by atoms with Crippen LogP contribution < -0.4 is 0 Å². The number of aliphatic hydroxyl groups is 1. The second-order valence-electron chi connectivity index (χ2n) is 9.02. The molecule has 0 aliphatic heterocycles. The number of unbranched alkanes of at least 4 members (excludes halogenated alkanes) is 7. The first-order valence-electron chi connectivity index (χ1n) is 10.4. The van der Waals surface area contributed by atoms with Crippen molar-refractivity contribution in [1.29, 1.82) is 0 Å². The Bertz CT molecular complexity index is 385. The average Bonchev–Trinajstić information content (AvgIpc) is 2.47. The van der Waals surface area contributed by atoms with Crippen molar-refractivity contribution in [3.05, 3.63) is 0 Å². The van der Waals surface area contributed by atoms with Crippen LogP contribution in [-0.4, -0.2) is 25.6 Å². The van der Waals surface area contributed by atoms with Gasteiger partial charge in [0.15, 0.2) is 8.32 Å². The van der Waals surface area contributed by atoms with Crippen molar-refractivity contribution in [1.82, 2.24) is 0 Å². The SMILES string of the molecule is CC#C[C@@H](CCCCCCCCCC[C@H](C)O)O[Si](C)(C)C(C)(C)C. The Morgan fingerprint density at radius 1 is 0.880 bits per heavy atom. The van der Waals surface area contributed by atoms with Gasteiger partial charge in [-0.15, -0.1) is 5.92 Å². The minimum absolute atomic E-state index is 0.117. The van der Waals surface area contributed by atoms with Crippen molar-refractivity contribution < 1.29 is 9.53 Å². The summed E-state index contributed by atoms with van der Waals surface area (Å²) in [5.74, 6) is 6.35. The van der Waals surface area contributed by atoms with Crippen molar-refractivity contribution >= 4 is 8.32 Å². The second kappa shape index (κ2) is 13.0. The summed E-state index contributed by atoms with van der Waals surface area (Å²) in [5, 5.41) is 9.48. The first-order valence-corrected chi connectivity index (χ1v) is 13.3. The zero-order chi connectivity index (χ0) is 19.3. The highest BCUT2D eigenvalue weighted by Crippen LogP contribution is 2.37. The van der Waals surface area contributed by atoms with E-state index in [2.05, 4.69) is 45.7 Å². The highest BCUT2D eigenvalue weighted by molar-refractivity contribution is 6.74. The van der Waals surface area contributed by atoms with Gasteiger partial charge in [-0.3, -0.25) is 0 Å². The average molecular weight is 369 g/mol. The molecule has 148 valence electrons. The maximum absolute atomic E-state index is 9.23. The third-order valence-electron chi connectivity index (χ3n) is 5.39. The molecule has 0 aromatic heterocycles. The van der Waals surface area contributed by atoms with Crippen LogP contribution in [0, 0.1) is 11.8 Å². The molecule has 0 aliphatic carbocycles. The summed E-state index contributed by atoms with van der Waals surface area (Å²) in [6, 6.07) is 0. The van der Waals surface area contributed by atoms with E-state index in [1.807, 2.05) is 13.8 Å². The van der Waals surface area contributed by atoms with Crippen LogP contribution in [0.3, 0.4) is 0 Å².